The number of benzene rings is 2. The van der Waals surface area contributed by atoms with Crippen molar-refractivity contribution in [3.05, 3.63) is 42.0 Å². The standard InChI is InChI=1S/C14H11N3O3/c15-9-5-11-12(6-10(9)16)20-13(17-11)7-1-3-8(4-2-7)14(18)19/h1-6H,15-16H2,(H,18,19)/p-1. The molecule has 0 amide bonds. The van der Waals surface area contributed by atoms with E-state index in [9.17, 15) is 9.90 Å². The highest BCUT2D eigenvalue weighted by atomic mass is 16.4. The Kier molecular flexibility index (Phi) is 2.57. The smallest absolute Gasteiger partial charge is 0.227 e. The van der Waals surface area contributed by atoms with Gasteiger partial charge in [-0.25, -0.2) is 4.98 Å². The van der Waals surface area contributed by atoms with Gasteiger partial charge in [-0.1, -0.05) is 12.1 Å². The van der Waals surface area contributed by atoms with Crippen LogP contribution < -0.4 is 16.6 Å². The van der Waals surface area contributed by atoms with Crippen molar-refractivity contribution in [2.45, 2.75) is 0 Å². The molecule has 3 aromatic rings. The molecule has 0 spiro atoms. The number of nitrogens with two attached hydrogens (primary N) is 2. The van der Waals surface area contributed by atoms with E-state index in [1.54, 1.807) is 24.3 Å². The van der Waals surface area contributed by atoms with Crippen molar-refractivity contribution < 1.29 is 14.3 Å². The Labute approximate surface area is 113 Å². The Balaban J connectivity index is 2.07. The van der Waals surface area contributed by atoms with Gasteiger partial charge in [0.05, 0.1) is 17.3 Å². The minimum Gasteiger partial charge on any atom is -0.545 e. The number of carboxylic acids is 1. The number of rotatable bonds is 2. The van der Waals surface area contributed by atoms with Crippen LogP contribution in [0.2, 0.25) is 0 Å². The van der Waals surface area contributed by atoms with Gasteiger partial charge in [-0.2, -0.15) is 0 Å². The highest BCUT2D eigenvalue weighted by molar-refractivity contribution is 5.87. The maximum absolute atomic E-state index is 10.7. The fourth-order valence-corrected chi connectivity index (χ4v) is 1.88. The minimum atomic E-state index is -1.23. The summed E-state index contributed by atoms with van der Waals surface area (Å²) in [5, 5.41) is 10.7. The Morgan fingerprint density at radius 2 is 1.75 bits per heavy atom. The van der Waals surface area contributed by atoms with Crippen molar-refractivity contribution in [2.24, 2.45) is 0 Å². The lowest BCUT2D eigenvalue weighted by molar-refractivity contribution is -0.255. The molecule has 0 unspecified atom stereocenters. The topological polar surface area (TPSA) is 118 Å². The maximum Gasteiger partial charge on any atom is 0.227 e. The number of aromatic nitrogens is 1. The van der Waals surface area contributed by atoms with Crippen LogP contribution in [0.5, 0.6) is 0 Å². The highest BCUT2D eigenvalue weighted by Gasteiger charge is 2.10. The van der Waals surface area contributed by atoms with Gasteiger partial charge in [-0.05, 0) is 23.8 Å². The fraction of sp³-hybridized carbons (Fsp3) is 0. The number of carbonyl (C=O) groups excluding carboxylic acids is 1. The van der Waals surface area contributed by atoms with Gasteiger partial charge in [0.1, 0.15) is 5.52 Å². The van der Waals surface area contributed by atoms with Gasteiger partial charge in [0, 0.05) is 11.6 Å². The normalized spacial score (nSPS) is 10.8. The summed E-state index contributed by atoms with van der Waals surface area (Å²) in [5.74, 6) is -0.857. The number of nitrogens with zero attached hydrogens (tertiary/aromatic N) is 1. The number of carbonyl (C=O) groups is 1. The minimum absolute atomic E-state index is 0.0957. The van der Waals surface area contributed by atoms with E-state index in [2.05, 4.69) is 4.98 Å². The predicted molar refractivity (Wildman–Crippen MR) is 72.6 cm³/mol. The molecule has 4 N–H and O–H groups in total. The Bertz CT molecular complexity index is 767. The third-order valence-electron chi connectivity index (χ3n) is 2.96. The molecule has 0 radical (unpaired) electrons. The zero-order chi connectivity index (χ0) is 14.3. The molecule has 1 heterocycles. The number of oxazole rings is 1. The first-order valence-corrected chi connectivity index (χ1v) is 5.82. The van der Waals surface area contributed by atoms with Crippen LogP contribution in [0, 0.1) is 0 Å². The molecule has 0 atom stereocenters. The zero-order valence-electron chi connectivity index (χ0n) is 10.3. The third-order valence-corrected chi connectivity index (χ3v) is 2.96. The average molecular weight is 268 g/mol. The second-order valence-electron chi connectivity index (χ2n) is 4.33. The lowest BCUT2D eigenvalue weighted by Gasteiger charge is -2.01. The van der Waals surface area contributed by atoms with Crippen LogP contribution in [0.4, 0.5) is 11.4 Å². The Hall–Kier alpha value is -3.02. The van der Waals surface area contributed by atoms with Crippen LogP contribution in [0.1, 0.15) is 10.4 Å². The van der Waals surface area contributed by atoms with Crippen LogP contribution in [0.25, 0.3) is 22.6 Å². The number of carboxylic acid groups (broad SMARTS) is 1. The molecule has 1 aromatic heterocycles. The molecule has 0 aliphatic rings. The Morgan fingerprint density at radius 1 is 1.10 bits per heavy atom. The maximum atomic E-state index is 10.7. The van der Waals surface area contributed by atoms with Crippen LogP contribution in [-0.2, 0) is 0 Å². The summed E-state index contributed by atoms with van der Waals surface area (Å²) in [6.07, 6.45) is 0. The molecule has 6 heteroatoms. The summed E-state index contributed by atoms with van der Waals surface area (Å²) in [4.78, 5) is 15.0. The molecule has 0 aliphatic heterocycles. The SMILES string of the molecule is Nc1cc2nc(-c3ccc(C(=O)[O-])cc3)oc2cc1N. The van der Waals surface area contributed by atoms with E-state index < -0.39 is 5.97 Å². The lowest BCUT2D eigenvalue weighted by atomic mass is 10.1. The van der Waals surface area contributed by atoms with Crippen molar-refractivity contribution >= 4 is 28.4 Å². The van der Waals surface area contributed by atoms with Crippen molar-refractivity contribution in [2.75, 3.05) is 11.5 Å². The highest BCUT2D eigenvalue weighted by Crippen LogP contribution is 2.28. The van der Waals surface area contributed by atoms with Gasteiger partial charge in [0.2, 0.25) is 5.89 Å². The Morgan fingerprint density at radius 3 is 2.40 bits per heavy atom. The van der Waals surface area contributed by atoms with E-state index in [-0.39, 0.29) is 5.56 Å². The molecular formula is C14H10N3O3-. The third kappa shape index (κ3) is 1.93. The molecular weight excluding hydrogens is 258 g/mol. The first-order chi connectivity index (χ1) is 9.54. The summed E-state index contributed by atoms with van der Waals surface area (Å²) in [6, 6.07) is 9.31. The van der Waals surface area contributed by atoms with E-state index in [4.69, 9.17) is 15.9 Å². The second kappa shape index (κ2) is 4.27. The van der Waals surface area contributed by atoms with Gasteiger partial charge >= 0.3 is 0 Å². The molecule has 0 saturated carbocycles. The number of fused-ring (bicyclic) bond motifs is 1. The van der Waals surface area contributed by atoms with Crippen molar-refractivity contribution in [3.8, 4) is 11.5 Å². The molecule has 0 bridgehead atoms. The van der Waals surface area contributed by atoms with Gasteiger partial charge in [0.15, 0.2) is 5.58 Å². The van der Waals surface area contributed by atoms with Crippen LogP contribution >= 0.6 is 0 Å². The summed E-state index contributed by atoms with van der Waals surface area (Å²) in [5.41, 5.74) is 14.1. The van der Waals surface area contributed by atoms with Gasteiger partial charge < -0.3 is 25.8 Å². The second-order valence-corrected chi connectivity index (χ2v) is 4.33. The van der Waals surface area contributed by atoms with Crippen molar-refractivity contribution in [1.29, 1.82) is 0 Å². The first kappa shape index (κ1) is 12.0. The zero-order valence-corrected chi connectivity index (χ0v) is 10.3. The number of aromatic carboxylic acids is 1. The molecule has 2 aromatic carbocycles. The van der Waals surface area contributed by atoms with Crippen LogP contribution in [0.3, 0.4) is 0 Å². The van der Waals surface area contributed by atoms with Crippen LogP contribution in [0.15, 0.2) is 40.8 Å². The number of hydrogen-bond acceptors (Lipinski definition) is 6. The quantitative estimate of drug-likeness (QED) is 0.670. The van der Waals surface area contributed by atoms with E-state index in [0.29, 0.717) is 33.9 Å². The van der Waals surface area contributed by atoms with Gasteiger partial charge in [-0.3, -0.25) is 0 Å². The van der Waals surface area contributed by atoms with Gasteiger partial charge in [-0.15, -0.1) is 0 Å². The molecule has 20 heavy (non-hydrogen) atoms. The van der Waals surface area contributed by atoms with Crippen molar-refractivity contribution in [1.82, 2.24) is 4.98 Å². The van der Waals surface area contributed by atoms with E-state index in [1.165, 1.54) is 12.1 Å². The van der Waals surface area contributed by atoms with E-state index in [1.807, 2.05) is 0 Å². The molecule has 100 valence electrons. The summed E-state index contributed by atoms with van der Waals surface area (Å²) in [6.45, 7) is 0. The molecule has 0 saturated heterocycles. The molecule has 6 nitrogen and oxygen atoms in total. The van der Waals surface area contributed by atoms with E-state index >= 15 is 0 Å². The predicted octanol–water partition coefficient (Wildman–Crippen LogP) is 1.02. The number of hydrogen-bond donors (Lipinski definition) is 2. The molecule has 0 fully saturated rings. The first-order valence-electron chi connectivity index (χ1n) is 5.82. The summed E-state index contributed by atoms with van der Waals surface area (Å²) < 4.78 is 5.58. The number of anilines is 2. The summed E-state index contributed by atoms with van der Waals surface area (Å²) >= 11 is 0. The fourth-order valence-electron chi connectivity index (χ4n) is 1.88. The average Bonchev–Trinajstić information content (AvgIpc) is 2.82. The van der Waals surface area contributed by atoms with Crippen molar-refractivity contribution in [3.63, 3.8) is 0 Å². The number of nitrogen functional groups attached to an aromatic ring is 2. The van der Waals surface area contributed by atoms with Crippen LogP contribution in [-0.4, -0.2) is 11.0 Å². The summed E-state index contributed by atoms with van der Waals surface area (Å²) in [7, 11) is 0. The molecule has 3 rings (SSSR count). The largest absolute Gasteiger partial charge is 0.545 e. The lowest BCUT2D eigenvalue weighted by Crippen LogP contribution is -2.21. The van der Waals surface area contributed by atoms with Gasteiger partial charge in [0.25, 0.3) is 0 Å². The van der Waals surface area contributed by atoms with E-state index in [0.717, 1.165) is 0 Å². The molecule has 0 aliphatic carbocycles. The monoisotopic (exact) mass is 268 g/mol.